The third-order valence-electron chi connectivity index (χ3n) is 3.62. The molecule has 7 heteroatoms. The summed E-state index contributed by atoms with van der Waals surface area (Å²) in [6.07, 6.45) is 1.54. The van der Waals surface area contributed by atoms with Gasteiger partial charge in [-0.15, -0.1) is 0 Å². The standard InChI is InChI=1S/C15H20N4O3/c1-9-6-12(20)13(22-5)7-19(9)8-14(21)16-15-10(2)17-18(4)11(15)3/h6-7H,8H2,1-5H3,(H,16,21). The minimum absolute atomic E-state index is 0.0935. The number of aromatic nitrogens is 3. The van der Waals surface area contributed by atoms with Crippen molar-refractivity contribution in [3.05, 3.63) is 39.6 Å². The van der Waals surface area contributed by atoms with E-state index in [-0.39, 0.29) is 23.6 Å². The summed E-state index contributed by atoms with van der Waals surface area (Å²) in [7, 11) is 3.26. The van der Waals surface area contributed by atoms with E-state index in [1.807, 2.05) is 20.9 Å². The van der Waals surface area contributed by atoms with E-state index in [2.05, 4.69) is 10.4 Å². The van der Waals surface area contributed by atoms with E-state index >= 15 is 0 Å². The SMILES string of the molecule is COc1cn(CC(=O)Nc2c(C)nn(C)c2C)c(C)cc1=O. The number of methoxy groups -OCH3 is 1. The second kappa shape index (κ2) is 6.05. The van der Waals surface area contributed by atoms with Crippen molar-refractivity contribution in [3.8, 4) is 5.75 Å². The Kier molecular flexibility index (Phi) is 4.35. The molecule has 2 aromatic heterocycles. The number of hydrogen-bond donors (Lipinski definition) is 1. The molecule has 0 bridgehead atoms. The van der Waals surface area contributed by atoms with Gasteiger partial charge in [0.25, 0.3) is 0 Å². The second-order valence-electron chi connectivity index (χ2n) is 5.19. The summed E-state index contributed by atoms with van der Waals surface area (Å²) in [6.45, 7) is 5.60. The summed E-state index contributed by atoms with van der Waals surface area (Å²) in [5.74, 6) is 0.0279. The minimum atomic E-state index is -0.199. The maximum Gasteiger partial charge on any atom is 0.244 e. The highest BCUT2D eigenvalue weighted by molar-refractivity contribution is 5.91. The Morgan fingerprint density at radius 2 is 2.05 bits per heavy atom. The number of aryl methyl sites for hydroxylation is 3. The summed E-state index contributed by atoms with van der Waals surface area (Å²) < 4.78 is 8.40. The van der Waals surface area contributed by atoms with E-state index in [4.69, 9.17) is 4.74 Å². The van der Waals surface area contributed by atoms with Gasteiger partial charge in [-0.2, -0.15) is 5.10 Å². The van der Waals surface area contributed by atoms with Crippen molar-refractivity contribution in [3.63, 3.8) is 0 Å². The Morgan fingerprint density at radius 1 is 1.36 bits per heavy atom. The van der Waals surface area contributed by atoms with E-state index in [9.17, 15) is 9.59 Å². The molecule has 1 N–H and O–H groups in total. The molecule has 2 heterocycles. The van der Waals surface area contributed by atoms with Crippen molar-refractivity contribution >= 4 is 11.6 Å². The Morgan fingerprint density at radius 3 is 2.59 bits per heavy atom. The molecule has 0 atom stereocenters. The number of carbonyl (C=O) groups is 1. The molecule has 1 amide bonds. The van der Waals surface area contributed by atoms with Crippen LogP contribution in [0.2, 0.25) is 0 Å². The molecular weight excluding hydrogens is 284 g/mol. The molecule has 2 aromatic rings. The monoisotopic (exact) mass is 304 g/mol. The molecule has 0 aliphatic carbocycles. The van der Waals surface area contributed by atoms with E-state index in [0.717, 1.165) is 17.1 Å². The van der Waals surface area contributed by atoms with Crippen LogP contribution < -0.4 is 15.5 Å². The highest BCUT2D eigenvalue weighted by atomic mass is 16.5. The van der Waals surface area contributed by atoms with Crippen LogP contribution in [0.25, 0.3) is 0 Å². The maximum absolute atomic E-state index is 12.2. The predicted octanol–water partition coefficient (Wildman–Crippen LogP) is 1.15. The van der Waals surface area contributed by atoms with Gasteiger partial charge in [-0.05, 0) is 20.8 Å². The van der Waals surface area contributed by atoms with Crippen molar-refractivity contribution in [1.29, 1.82) is 0 Å². The molecule has 7 nitrogen and oxygen atoms in total. The molecule has 118 valence electrons. The molecule has 22 heavy (non-hydrogen) atoms. The summed E-state index contributed by atoms with van der Waals surface area (Å²) in [6, 6.07) is 1.45. The third-order valence-corrected chi connectivity index (χ3v) is 3.62. The van der Waals surface area contributed by atoms with Gasteiger partial charge in [-0.1, -0.05) is 0 Å². The number of carbonyl (C=O) groups excluding carboxylic acids is 1. The molecule has 0 aliphatic rings. The number of ether oxygens (including phenoxy) is 1. The Bertz CT molecular complexity index is 774. The van der Waals surface area contributed by atoms with Gasteiger partial charge in [-0.3, -0.25) is 14.3 Å². The predicted molar refractivity (Wildman–Crippen MR) is 83.3 cm³/mol. The lowest BCUT2D eigenvalue weighted by atomic mass is 10.3. The van der Waals surface area contributed by atoms with Crippen LogP contribution >= 0.6 is 0 Å². The molecule has 0 aliphatic heterocycles. The van der Waals surface area contributed by atoms with Gasteiger partial charge >= 0.3 is 0 Å². The van der Waals surface area contributed by atoms with Crippen LogP contribution in [0, 0.1) is 20.8 Å². The van der Waals surface area contributed by atoms with Gasteiger partial charge in [0, 0.05) is 18.8 Å². The van der Waals surface area contributed by atoms with Crippen LogP contribution in [0.15, 0.2) is 17.1 Å². The number of rotatable bonds is 4. The van der Waals surface area contributed by atoms with E-state index < -0.39 is 0 Å². The number of hydrogen-bond acceptors (Lipinski definition) is 4. The lowest BCUT2D eigenvalue weighted by Crippen LogP contribution is -2.22. The van der Waals surface area contributed by atoms with E-state index in [1.165, 1.54) is 13.2 Å². The van der Waals surface area contributed by atoms with Crippen LogP contribution in [0.4, 0.5) is 5.69 Å². The molecule has 0 aromatic carbocycles. The summed E-state index contributed by atoms with van der Waals surface area (Å²) in [5, 5.41) is 7.13. The fraction of sp³-hybridized carbons (Fsp3) is 0.400. The molecule has 0 saturated carbocycles. The average molecular weight is 304 g/mol. The molecule has 0 radical (unpaired) electrons. The first-order chi connectivity index (χ1) is 10.3. The van der Waals surface area contributed by atoms with Crippen LogP contribution in [-0.4, -0.2) is 27.4 Å². The lowest BCUT2D eigenvalue weighted by molar-refractivity contribution is -0.116. The number of pyridine rings is 1. The Labute approximate surface area is 128 Å². The zero-order chi connectivity index (χ0) is 16.4. The minimum Gasteiger partial charge on any atom is -0.491 e. The van der Waals surface area contributed by atoms with Gasteiger partial charge in [0.05, 0.1) is 30.4 Å². The van der Waals surface area contributed by atoms with Crippen molar-refractivity contribution in [1.82, 2.24) is 14.3 Å². The lowest BCUT2D eigenvalue weighted by Gasteiger charge is -2.12. The van der Waals surface area contributed by atoms with E-state index in [1.54, 1.807) is 22.4 Å². The van der Waals surface area contributed by atoms with Crippen molar-refractivity contribution in [2.45, 2.75) is 27.3 Å². The summed E-state index contributed by atoms with van der Waals surface area (Å²) in [5.41, 5.74) is 2.87. The van der Waals surface area contributed by atoms with Gasteiger partial charge in [-0.25, -0.2) is 0 Å². The number of amides is 1. The fourth-order valence-corrected chi connectivity index (χ4v) is 2.26. The number of nitrogens with zero attached hydrogens (tertiary/aromatic N) is 3. The van der Waals surface area contributed by atoms with Crippen LogP contribution in [0.5, 0.6) is 5.75 Å². The quantitative estimate of drug-likeness (QED) is 0.919. The van der Waals surface area contributed by atoms with Gasteiger partial charge in [0.1, 0.15) is 6.54 Å². The normalized spacial score (nSPS) is 10.6. The highest BCUT2D eigenvalue weighted by Crippen LogP contribution is 2.18. The van der Waals surface area contributed by atoms with Crippen molar-refractivity contribution < 1.29 is 9.53 Å². The molecular formula is C15H20N4O3. The van der Waals surface area contributed by atoms with Crippen molar-refractivity contribution in [2.75, 3.05) is 12.4 Å². The second-order valence-corrected chi connectivity index (χ2v) is 5.19. The van der Waals surface area contributed by atoms with Crippen LogP contribution in [-0.2, 0) is 18.4 Å². The average Bonchev–Trinajstić information content (AvgIpc) is 2.68. The topological polar surface area (TPSA) is 78.2 Å². The maximum atomic E-state index is 12.2. The molecule has 2 rings (SSSR count). The summed E-state index contributed by atoms with van der Waals surface area (Å²) >= 11 is 0. The van der Waals surface area contributed by atoms with Crippen LogP contribution in [0.1, 0.15) is 17.1 Å². The molecule has 0 spiro atoms. The van der Waals surface area contributed by atoms with Gasteiger partial charge < -0.3 is 14.6 Å². The van der Waals surface area contributed by atoms with Crippen LogP contribution in [0.3, 0.4) is 0 Å². The first-order valence-corrected chi connectivity index (χ1v) is 6.88. The Balaban J connectivity index is 2.21. The van der Waals surface area contributed by atoms with Gasteiger partial charge in [0.15, 0.2) is 5.75 Å². The zero-order valence-corrected chi connectivity index (χ0v) is 13.4. The molecule has 0 saturated heterocycles. The van der Waals surface area contributed by atoms with E-state index in [0.29, 0.717) is 5.69 Å². The third kappa shape index (κ3) is 3.03. The zero-order valence-electron chi connectivity index (χ0n) is 13.4. The first-order valence-electron chi connectivity index (χ1n) is 6.88. The smallest absolute Gasteiger partial charge is 0.244 e. The number of nitrogens with one attached hydrogen (secondary N) is 1. The Hall–Kier alpha value is -2.57. The molecule has 0 unspecified atom stereocenters. The highest BCUT2D eigenvalue weighted by Gasteiger charge is 2.13. The molecule has 0 fully saturated rings. The first kappa shape index (κ1) is 15.8. The number of anilines is 1. The van der Waals surface area contributed by atoms with Gasteiger partial charge in [0.2, 0.25) is 11.3 Å². The summed E-state index contributed by atoms with van der Waals surface area (Å²) in [4.78, 5) is 23.9. The largest absolute Gasteiger partial charge is 0.491 e. The van der Waals surface area contributed by atoms with Crippen molar-refractivity contribution in [2.24, 2.45) is 7.05 Å². The fourth-order valence-electron chi connectivity index (χ4n) is 2.26.